The molecule has 1 aromatic carbocycles. The third kappa shape index (κ3) is 3.16. The summed E-state index contributed by atoms with van der Waals surface area (Å²) in [4.78, 5) is 8.52. The Morgan fingerprint density at radius 3 is 2.64 bits per heavy atom. The van der Waals surface area contributed by atoms with Crippen molar-refractivity contribution in [3.63, 3.8) is 0 Å². The molecular weight excluding hydrogens is 152 g/mol. The van der Waals surface area contributed by atoms with Crippen LogP contribution in [0.5, 0.6) is 0 Å². The molecule has 1 nitrogen and oxygen atoms in total. The molecule has 11 heavy (non-hydrogen) atoms. The van der Waals surface area contributed by atoms with Gasteiger partial charge in [0.15, 0.2) is 0 Å². The summed E-state index contributed by atoms with van der Waals surface area (Å²) >= 11 is 0. The Balaban J connectivity index is 2.50. The molecule has 0 unspecified atom stereocenters. The fraction of sp³-hybridized carbons (Fsp3) is 0.111. The second-order valence-corrected chi connectivity index (χ2v) is 2.90. The van der Waals surface area contributed by atoms with Gasteiger partial charge in [-0.3, -0.25) is 0 Å². The van der Waals surface area contributed by atoms with Crippen molar-refractivity contribution in [2.45, 2.75) is 6.04 Å². The smallest absolute Gasteiger partial charge is 0.228 e. The highest BCUT2D eigenvalue weighted by atomic mass is 28.2. The molecule has 1 rings (SSSR count). The van der Waals surface area contributed by atoms with Gasteiger partial charge in [-0.15, -0.1) is 0 Å². The van der Waals surface area contributed by atoms with Crippen LogP contribution in [0.1, 0.15) is 5.56 Å². The normalized spacial score (nSPS) is 10.6. The van der Waals surface area contributed by atoms with E-state index in [0.29, 0.717) is 0 Å². The largest absolute Gasteiger partial charge is 0.431 e. The van der Waals surface area contributed by atoms with Gasteiger partial charge < -0.3 is 4.80 Å². The van der Waals surface area contributed by atoms with Gasteiger partial charge in [-0.05, 0) is 11.6 Å². The van der Waals surface area contributed by atoms with E-state index in [0.717, 1.165) is 6.04 Å². The minimum Gasteiger partial charge on any atom is -0.431 e. The van der Waals surface area contributed by atoms with Gasteiger partial charge in [0.1, 0.15) is 0 Å². The Morgan fingerprint density at radius 1 is 1.27 bits per heavy atom. The lowest BCUT2D eigenvalue weighted by Crippen LogP contribution is -1.79. The summed E-state index contributed by atoms with van der Waals surface area (Å²) in [5, 5.41) is 0. The first-order chi connectivity index (χ1) is 5.43. The molecule has 0 bridgehead atoms. The fourth-order valence-corrected chi connectivity index (χ4v) is 1.04. The van der Waals surface area contributed by atoms with Crippen molar-refractivity contribution in [1.29, 1.82) is 0 Å². The topological polar surface area (TPSA) is 20.2 Å². The van der Waals surface area contributed by atoms with Gasteiger partial charge in [0, 0.05) is 0 Å². The fourth-order valence-electron chi connectivity index (χ4n) is 0.812. The molecule has 1 N–H and O–H groups in total. The van der Waals surface area contributed by atoms with E-state index in [1.54, 1.807) is 0 Å². The Kier molecular flexibility index (Phi) is 3.65. The Bertz CT molecular complexity index is 218. The first-order valence-electron chi connectivity index (χ1n) is 3.52. The molecule has 0 fully saturated rings. The SMILES string of the molecule is O[Si]C/C=C/c1ccccc1. The molecule has 0 atom stereocenters. The Morgan fingerprint density at radius 2 is 2.00 bits per heavy atom. The average Bonchev–Trinajstić information content (AvgIpc) is 2.07. The molecule has 0 amide bonds. The zero-order valence-corrected chi connectivity index (χ0v) is 7.20. The van der Waals surface area contributed by atoms with Gasteiger partial charge in [0.25, 0.3) is 0 Å². The number of allylic oxidation sites excluding steroid dienone is 1. The molecule has 0 heterocycles. The second kappa shape index (κ2) is 4.88. The van der Waals surface area contributed by atoms with Crippen LogP contribution in [0.3, 0.4) is 0 Å². The van der Waals surface area contributed by atoms with Crippen LogP contribution in [0, 0.1) is 0 Å². The van der Waals surface area contributed by atoms with Gasteiger partial charge in [-0.2, -0.15) is 0 Å². The number of hydrogen-bond donors (Lipinski definition) is 1. The van der Waals surface area contributed by atoms with E-state index in [1.165, 1.54) is 5.56 Å². The zero-order chi connectivity index (χ0) is 7.94. The predicted octanol–water partition coefficient (Wildman–Crippen LogP) is 1.73. The van der Waals surface area contributed by atoms with Crippen LogP contribution in [0.25, 0.3) is 6.08 Å². The van der Waals surface area contributed by atoms with Crippen molar-refractivity contribution in [3.05, 3.63) is 42.0 Å². The van der Waals surface area contributed by atoms with Crippen molar-refractivity contribution >= 4 is 15.8 Å². The molecule has 0 aliphatic rings. The predicted molar refractivity (Wildman–Crippen MR) is 48.3 cm³/mol. The van der Waals surface area contributed by atoms with Gasteiger partial charge in [-0.25, -0.2) is 0 Å². The maximum Gasteiger partial charge on any atom is 0.228 e. The van der Waals surface area contributed by atoms with Crippen LogP contribution in [-0.4, -0.2) is 14.6 Å². The summed E-state index contributed by atoms with van der Waals surface area (Å²) in [7, 11) is 0.0227. The van der Waals surface area contributed by atoms with Crippen LogP contribution in [0.2, 0.25) is 6.04 Å². The quantitative estimate of drug-likeness (QED) is 0.671. The van der Waals surface area contributed by atoms with E-state index in [-0.39, 0.29) is 9.76 Å². The molecule has 2 heteroatoms. The maximum atomic E-state index is 8.52. The summed E-state index contributed by atoms with van der Waals surface area (Å²) in [6.07, 6.45) is 4.00. The molecule has 0 aromatic heterocycles. The lowest BCUT2D eigenvalue weighted by Gasteiger charge is -1.89. The van der Waals surface area contributed by atoms with Crippen molar-refractivity contribution in [2.24, 2.45) is 0 Å². The van der Waals surface area contributed by atoms with E-state index < -0.39 is 0 Å². The van der Waals surface area contributed by atoms with Crippen LogP contribution in [0.15, 0.2) is 36.4 Å². The van der Waals surface area contributed by atoms with Crippen LogP contribution >= 0.6 is 0 Å². The van der Waals surface area contributed by atoms with Crippen molar-refractivity contribution in [1.82, 2.24) is 0 Å². The summed E-state index contributed by atoms with van der Waals surface area (Å²) in [5.41, 5.74) is 1.19. The zero-order valence-electron chi connectivity index (χ0n) is 6.20. The van der Waals surface area contributed by atoms with Crippen LogP contribution in [0.4, 0.5) is 0 Å². The number of hydrogen-bond acceptors (Lipinski definition) is 1. The number of benzene rings is 1. The van der Waals surface area contributed by atoms with E-state index in [1.807, 2.05) is 42.5 Å². The monoisotopic (exact) mass is 162 g/mol. The summed E-state index contributed by atoms with van der Waals surface area (Å²) in [6, 6.07) is 10.8. The van der Waals surface area contributed by atoms with Gasteiger partial charge in [-0.1, -0.05) is 42.5 Å². The Hall–Kier alpha value is -0.863. The second-order valence-electron chi connectivity index (χ2n) is 2.18. The van der Waals surface area contributed by atoms with Crippen LogP contribution in [-0.2, 0) is 0 Å². The van der Waals surface area contributed by atoms with Gasteiger partial charge in [0.05, 0.1) is 0 Å². The minimum atomic E-state index is 0.0227. The molecule has 0 saturated heterocycles. The molecule has 0 aliphatic heterocycles. The summed E-state index contributed by atoms with van der Waals surface area (Å²) < 4.78 is 0. The van der Waals surface area contributed by atoms with E-state index in [4.69, 9.17) is 4.80 Å². The van der Waals surface area contributed by atoms with Crippen LogP contribution < -0.4 is 0 Å². The third-order valence-corrected chi connectivity index (χ3v) is 1.74. The minimum absolute atomic E-state index is 0.0227. The van der Waals surface area contributed by atoms with E-state index in [9.17, 15) is 0 Å². The first-order valence-corrected chi connectivity index (χ1v) is 4.67. The summed E-state index contributed by atoms with van der Waals surface area (Å²) in [5.74, 6) is 0. The molecule has 0 saturated carbocycles. The molecule has 56 valence electrons. The van der Waals surface area contributed by atoms with Crippen molar-refractivity contribution in [2.75, 3.05) is 0 Å². The lowest BCUT2D eigenvalue weighted by atomic mass is 10.2. The highest BCUT2D eigenvalue weighted by Gasteiger charge is 1.81. The van der Waals surface area contributed by atoms with Crippen molar-refractivity contribution in [3.8, 4) is 0 Å². The van der Waals surface area contributed by atoms with Crippen molar-refractivity contribution < 1.29 is 4.80 Å². The molecular formula is C9H10OSi. The van der Waals surface area contributed by atoms with Gasteiger partial charge >= 0.3 is 0 Å². The standard InChI is InChI=1S/C9H10OSi/c10-11-8-4-7-9-5-2-1-3-6-9/h1-7,10H,8H2/b7-4+. The third-order valence-electron chi connectivity index (χ3n) is 1.32. The Labute approximate surface area is 69.3 Å². The molecule has 0 spiro atoms. The molecule has 1 aromatic rings. The molecule has 2 radical (unpaired) electrons. The highest BCUT2D eigenvalue weighted by molar-refractivity contribution is 6.26. The number of rotatable bonds is 3. The van der Waals surface area contributed by atoms with E-state index >= 15 is 0 Å². The highest BCUT2D eigenvalue weighted by Crippen LogP contribution is 2.01. The first kappa shape index (κ1) is 8.24. The van der Waals surface area contributed by atoms with Gasteiger partial charge in [0.2, 0.25) is 9.76 Å². The summed E-state index contributed by atoms with van der Waals surface area (Å²) in [6.45, 7) is 0. The molecule has 0 aliphatic carbocycles. The maximum absolute atomic E-state index is 8.52. The van der Waals surface area contributed by atoms with E-state index in [2.05, 4.69) is 0 Å². The lowest BCUT2D eigenvalue weighted by molar-refractivity contribution is 0.605. The average molecular weight is 162 g/mol.